The Morgan fingerprint density at radius 2 is 2.44 bits per heavy atom. The number of thioether (sulfide) groups is 1. The molecule has 0 unspecified atom stereocenters. The molecule has 0 saturated carbocycles. The van der Waals surface area contributed by atoms with Crippen molar-refractivity contribution in [2.24, 2.45) is 5.92 Å². The second-order valence-corrected chi connectivity index (χ2v) is 5.44. The first-order valence-electron chi connectivity index (χ1n) is 6.00. The molecule has 0 amide bonds. The Morgan fingerprint density at radius 3 is 3.12 bits per heavy atom. The molecule has 16 heavy (non-hydrogen) atoms. The van der Waals surface area contributed by atoms with E-state index in [0.717, 1.165) is 12.2 Å². The maximum absolute atomic E-state index is 11.6. The number of rotatable bonds is 3. The molecule has 4 heteroatoms. The zero-order chi connectivity index (χ0) is 11.4. The molecule has 1 N–H and O–H groups in total. The van der Waals surface area contributed by atoms with Crippen LogP contribution in [0.4, 0.5) is 0 Å². The van der Waals surface area contributed by atoms with E-state index in [1.807, 2.05) is 18.7 Å². The van der Waals surface area contributed by atoms with Gasteiger partial charge >= 0.3 is 5.97 Å². The topological polar surface area (TPSA) is 38.3 Å². The molecule has 3 atom stereocenters. The molecule has 90 valence electrons. The minimum atomic E-state index is -0.0964. The summed E-state index contributed by atoms with van der Waals surface area (Å²) in [5.74, 6) is 1.43. The quantitative estimate of drug-likeness (QED) is 0.605. The molecule has 0 spiro atoms. The first kappa shape index (κ1) is 12.0. The van der Waals surface area contributed by atoms with Gasteiger partial charge in [-0.1, -0.05) is 12.2 Å². The number of carbonyl (C=O) groups is 1. The van der Waals surface area contributed by atoms with Crippen LogP contribution in [0.1, 0.15) is 26.2 Å². The maximum Gasteiger partial charge on any atom is 0.324 e. The zero-order valence-electron chi connectivity index (χ0n) is 9.65. The molecule has 0 radical (unpaired) electrons. The lowest BCUT2D eigenvalue weighted by Crippen LogP contribution is -2.40. The van der Waals surface area contributed by atoms with Crippen LogP contribution in [0.3, 0.4) is 0 Å². The smallest absolute Gasteiger partial charge is 0.324 e. The monoisotopic (exact) mass is 241 g/mol. The van der Waals surface area contributed by atoms with E-state index in [2.05, 4.69) is 17.5 Å². The van der Waals surface area contributed by atoms with E-state index in [1.165, 1.54) is 12.8 Å². The van der Waals surface area contributed by atoms with Crippen molar-refractivity contribution in [2.75, 3.05) is 12.4 Å². The molecule has 1 aliphatic carbocycles. The Bertz CT molecular complexity index is 280. The normalized spacial score (nSPS) is 33.9. The van der Waals surface area contributed by atoms with E-state index in [4.69, 9.17) is 4.74 Å². The summed E-state index contributed by atoms with van der Waals surface area (Å²) >= 11 is 1.87. The van der Waals surface area contributed by atoms with Crippen molar-refractivity contribution in [3.63, 3.8) is 0 Å². The van der Waals surface area contributed by atoms with Crippen LogP contribution in [0.5, 0.6) is 0 Å². The highest BCUT2D eigenvalue weighted by molar-refractivity contribution is 8.00. The predicted octanol–water partition coefficient (Wildman–Crippen LogP) is 1.94. The van der Waals surface area contributed by atoms with E-state index in [-0.39, 0.29) is 12.0 Å². The first-order chi connectivity index (χ1) is 7.81. The molecular formula is C12H19NO2S. The van der Waals surface area contributed by atoms with Gasteiger partial charge in [0.1, 0.15) is 6.04 Å². The zero-order valence-corrected chi connectivity index (χ0v) is 10.5. The van der Waals surface area contributed by atoms with Crippen LogP contribution in [-0.4, -0.2) is 29.7 Å². The Kier molecular flexibility index (Phi) is 4.29. The Balaban J connectivity index is 1.83. The maximum atomic E-state index is 11.6. The van der Waals surface area contributed by atoms with E-state index < -0.39 is 0 Å². The average Bonchev–Trinajstić information content (AvgIpc) is 2.80. The second-order valence-electron chi connectivity index (χ2n) is 4.27. The van der Waals surface area contributed by atoms with Crippen LogP contribution in [0.15, 0.2) is 12.2 Å². The van der Waals surface area contributed by atoms with Crippen molar-refractivity contribution in [2.45, 2.75) is 37.6 Å². The average molecular weight is 241 g/mol. The first-order valence-corrected chi connectivity index (χ1v) is 7.05. The highest BCUT2D eigenvalue weighted by Gasteiger charge is 2.34. The molecule has 0 bridgehead atoms. The summed E-state index contributed by atoms with van der Waals surface area (Å²) in [5.41, 5.74) is 0. The van der Waals surface area contributed by atoms with Gasteiger partial charge in [-0.3, -0.25) is 10.1 Å². The van der Waals surface area contributed by atoms with E-state index in [9.17, 15) is 4.79 Å². The molecule has 1 aliphatic heterocycles. The number of hydrogen-bond donors (Lipinski definition) is 1. The Labute approximate surface area is 101 Å². The minimum absolute atomic E-state index is 0.0937. The molecule has 1 saturated heterocycles. The highest BCUT2D eigenvalue weighted by Crippen LogP contribution is 2.32. The van der Waals surface area contributed by atoms with Gasteiger partial charge in [-0.15, -0.1) is 11.8 Å². The van der Waals surface area contributed by atoms with Crippen molar-refractivity contribution in [3.05, 3.63) is 12.2 Å². The Morgan fingerprint density at radius 1 is 1.56 bits per heavy atom. The standard InChI is InChI=1S/C12H19NO2S/c1-2-15-12(14)10-8-16-11(13-10)9-6-4-3-5-7-9/h3-4,9-11,13H,2,5-8H2,1H3/t9-,10+,11+/m0/s1. The summed E-state index contributed by atoms with van der Waals surface area (Å²) in [6, 6.07) is -0.0964. The molecule has 2 aliphatic rings. The molecule has 2 rings (SSSR count). The van der Waals surface area contributed by atoms with Crippen LogP contribution < -0.4 is 5.32 Å². The number of esters is 1. The fraction of sp³-hybridized carbons (Fsp3) is 0.750. The number of hydrogen-bond acceptors (Lipinski definition) is 4. The molecule has 0 aromatic rings. The van der Waals surface area contributed by atoms with Gasteiger partial charge in [0.25, 0.3) is 0 Å². The summed E-state index contributed by atoms with van der Waals surface area (Å²) in [7, 11) is 0. The van der Waals surface area contributed by atoms with E-state index in [0.29, 0.717) is 17.9 Å². The molecule has 3 nitrogen and oxygen atoms in total. The lowest BCUT2D eigenvalue weighted by Gasteiger charge is -2.24. The number of allylic oxidation sites excluding steroid dienone is 2. The fourth-order valence-electron chi connectivity index (χ4n) is 2.24. The van der Waals surface area contributed by atoms with Crippen LogP contribution in [0, 0.1) is 5.92 Å². The van der Waals surface area contributed by atoms with Crippen molar-refractivity contribution in [1.82, 2.24) is 5.32 Å². The minimum Gasteiger partial charge on any atom is -0.465 e. The Hall–Kier alpha value is -0.480. The van der Waals surface area contributed by atoms with Crippen LogP contribution in [-0.2, 0) is 9.53 Å². The lowest BCUT2D eigenvalue weighted by molar-refractivity contribution is -0.144. The summed E-state index contributed by atoms with van der Waals surface area (Å²) in [6.45, 7) is 2.32. The molecule has 1 heterocycles. The number of ether oxygens (including phenoxy) is 1. The summed E-state index contributed by atoms with van der Waals surface area (Å²) in [6.07, 6.45) is 8.05. The number of carbonyl (C=O) groups excluding carboxylic acids is 1. The highest BCUT2D eigenvalue weighted by atomic mass is 32.2. The van der Waals surface area contributed by atoms with Gasteiger partial charge in [0, 0.05) is 5.75 Å². The molecule has 0 aromatic heterocycles. The summed E-state index contributed by atoms with van der Waals surface area (Å²) < 4.78 is 5.03. The summed E-state index contributed by atoms with van der Waals surface area (Å²) in [4.78, 5) is 11.6. The third-order valence-corrected chi connectivity index (χ3v) is 4.52. The fourth-order valence-corrected chi connectivity index (χ4v) is 3.65. The van der Waals surface area contributed by atoms with Crippen molar-refractivity contribution >= 4 is 17.7 Å². The third kappa shape index (κ3) is 2.80. The van der Waals surface area contributed by atoms with E-state index in [1.54, 1.807) is 0 Å². The lowest BCUT2D eigenvalue weighted by atomic mass is 9.94. The van der Waals surface area contributed by atoms with Crippen molar-refractivity contribution in [3.8, 4) is 0 Å². The van der Waals surface area contributed by atoms with Gasteiger partial charge < -0.3 is 4.74 Å². The van der Waals surface area contributed by atoms with Gasteiger partial charge in [0.05, 0.1) is 12.0 Å². The SMILES string of the molecule is CCOC(=O)[C@H]1CS[C@H]([C@H]2CC=CCC2)N1. The van der Waals surface area contributed by atoms with Gasteiger partial charge in [-0.25, -0.2) is 0 Å². The predicted molar refractivity (Wildman–Crippen MR) is 66.3 cm³/mol. The third-order valence-electron chi connectivity index (χ3n) is 3.12. The second kappa shape index (κ2) is 5.73. The van der Waals surface area contributed by atoms with Gasteiger partial charge in [-0.2, -0.15) is 0 Å². The van der Waals surface area contributed by atoms with Crippen LogP contribution in [0.25, 0.3) is 0 Å². The van der Waals surface area contributed by atoms with Crippen LogP contribution >= 0.6 is 11.8 Å². The molecule has 0 aromatic carbocycles. The van der Waals surface area contributed by atoms with Gasteiger partial charge in [0.15, 0.2) is 0 Å². The largest absolute Gasteiger partial charge is 0.465 e. The van der Waals surface area contributed by atoms with Gasteiger partial charge in [-0.05, 0) is 32.1 Å². The van der Waals surface area contributed by atoms with Crippen molar-refractivity contribution < 1.29 is 9.53 Å². The van der Waals surface area contributed by atoms with Crippen molar-refractivity contribution in [1.29, 1.82) is 0 Å². The molecular weight excluding hydrogens is 222 g/mol. The van der Waals surface area contributed by atoms with Crippen LogP contribution in [0.2, 0.25) is 0 Å². The molecule has 1 fully saturated rings. The number of nitrogens with one attached hydrogen (secondary N) is 1. The van der Waals surface area contributed by atoms with Gasteiger partial charge in [0.2, 0.25) is 0 Å². The summed E-state index contributed by atoms with van der Waals surface area (Å²) in [5, 5.41) is 3.83. The van der Waals surface area contributed by atoms with E-state index >= 15 is 0 Å².